The number of aryl methyl sites for hydroxylation is 1. The Balaban J connectivity index is 2.00. The van der Waals surface area contributed by atoms with Crippen LogP contribution in [0.5, 0.6) is 0 Å². The number of nitrogens with one attached hydrogen (secondary N) is 1. The van der Waals surface area contributed by atoms with E-state index in [0.29, 0.717) is 38.5 Å². The van der Waals surface area contributed by atoms with Crippen LogP contribution in [-0.4, -0.2) is 59.6 Å². The summed E-state index contributed by atoms with van der Waals surface area (Å²) in [5.74, 6) is -0.306. The molecule has 1 saturated heterocycles. The summed E-state index contributed by atoms with van der Waals surface area (Å²) in [4.78, 5) is 41.7. The molecule has 1 N–H and O–H groups in total. The fourth-order valence-electron chi connectivity index (χ4n) is 2.22. The molecular weight excluding hydrogens is 274 g/mol. The highest BCUT2D eigenvalue weighted by atomic mass is 16.6. The first-order valence-electron chi connectivity index (χ1n) is 6.93. The normalized spacial score (nSPS) is 15.0. The second kappa shape index (κ2) is 6.43. The highest BCUT2D eigenvalue weighted by Crippen LogP contribution is 2.07. The zero-order valence-corrected chi connectivity index (χ0v) is 12.2. The van der Waals surface area contributed by atoms with Gasteiger partial charge in [0, 0.05) is 44.1 Å². The van der Waals surface area contributed by atoms with E-state index in [4.69, 9.17) is 4.74 Å². The number of pyridine rings is 1. The molecule has 7 heteroatoms. The number of rotatable bonds is 2. The van der Waals surface area contributed by atoms with E-state index in [2.05, 4.69) is 4.98 Å². The Kier molecular flexibility index (Phi) is 4.62. The Morgan fingerprint density at radius 1 is 1.24 bits per heavy atom. The molecule has 0 radical (unpaired) electrons. The number of aromatic amines is 1. The summed E-state index contributed by atoms with van der Waals surface area (Å²) in [7, 11) is 0. The van der Waals surface area contributed by atoms with Crippen molar-refractivity contribution < 1.29 is 14.3 Å². The number of hydrogen-bond acceptors (Lipinski definition) is 4. The molecule has 2 amide bonds. The average Bonchev–Trinajstić information content (AvgIpc) is 2.47. The molecule has 1 fully saturated rings. The van der Waals surface area contributed by atoms with Gasteiger partial charge in [0.25, 0.3) is 5.91 Å². The molecule has 1 aliphatic rings. The first kappa shape index (κ1) is 15.1. The van der Waals surface area contributed by atoms with Crippen LogP contribution in [0.1, 0.15) is 23.0 Å². The summed E-state index contributed by atoms with van der Waals surface area (Å²) in [6.07, 6.45) is 1.08. The van der Waals surface area contributed by atoms with Gasteiger partial charge in [-0.3, -0.25) is 9.59 Å². The van der Waals surface area contributed by atoms with Crippen molar-refractivity contribution in [1.82, 2.24) is 14.8 Å². The van der Waals surface area contributed by atoms with Crippen LogP contribution in [0.4, 0.5) is 4.79 Å². The number of amides is 2. The largest absolute Gasteiger partial charge is 0.450 e. The smallest absolute Gasteiger partial charge is 0.409 e. The molecule has 7 nitrogen and oxygen atoms in total. The number of carbonyl (C=O) groups is 2. The summed E-state index contributed by atoms with van der Waals surface area (Å²) in [6, 6.07) is 1.40. The minimum Gasteiger partial charge on any atom is -0.450 e. The van der Waals surface area contributed by atoms with Gasteiger partial charge >= 0.3 is 6.09 Å². The minimum absolute atomic E-state index is 0.130. The molecule has 2 rings (SSSR count). The van der Waals surface area contributed by atoms with Gasteiger partial charge in [-0.1, -0.05) is 0 Å². The van der Waals surface area contributed by atoms with E-state index in [1.165, 1.54) is 12.3 Å². The molecule has 1 aromatic rings. The van der Waals surface area contributed by atoms with Gasteiger partial charge in [-0.05, 0) is 13.8 Å². The Bertz CT molecular complexity index is 588. The van der Waals surface area contributed by atoms with Crippen molar-refractivity contribution in [2.24, 2.45) is 0 Å². The summed E-state index contributed by atoms with van der Waals surface area (Å²) >= 11 is 0. The van der Waals surface area contributed by atoms with Gasteiger partial charge in [-0.15, -0.1) is 0 Å². The summed E-state index contributed by atoms with van der Waals surface area (Å²) in [6.45, 7) is 5.45. The molecule has 1 aliphatic heterocycles. The van der Waals surface area contributed by atoms with E-state index in [0.717, 1.165) is 0 Å². The molecular formula is C14H19N3O4. The zero-order valence-electron chi connectivity index (χ0n) is 12.2. The van der Waals surface area contributed by atoms with Gasteiger partial charge in [0.2, 0.25) is 0 Å². The van der Waals surface area contributed by atoms with E-state index in [9.17, 15) is 14.4 Å². The van der Waals surface area contributed by atoms with Crippen molar-refractivity contribution in [3.8, 4) is 0 Å². The monoisotopic (exact) mass is 293 g/mol. The average molecular weight is 293 g/mol. The number of hydrogen-bond donors (Lipinski definition) is 1. The summed E-state index contributed by atoms with van der Waals surface area (Å²) in [5.41, 5.74) is 0.554. The predicted molar refractivity (Wildman–Crippen MR) is 76.3 cm³/mol. The van der Waals surface area contributed by atoms with E-state index >= 15 is 0 Å². The lowest BCUT2D eigenvalue weighted by Gasteiger charge is -2.33. The summed E-state index contributed by atoms with van der Waals surface area (Å²) in [5, 5.41) is 0. The van der Waals surface area contributed by atoms with Gasteiger partial charge in [0.1, 0.15) is 5.56 Å². The van der Waals surface area contributed by atoms with E-state index in [-0.39, 0.29) is 23.0 Å². The minimum atomic E-state index is -0.363. The van der Waals surface area contributed by atoms with Crippen molar-refractivity contribution in [1.29, 1.82) is 0 Å². The lowest BCUT2D eigenvalue weighted by atomic mass is 10.2. The number of piperazine rings is 1. The Hall–Kier alpha value is -2.31. The van der Waals surface area contributed by atoms with Crippen LogP contribution in [0, 0.1) is 6.92 Å². The highest BCUT2D eigenvalue weighted by Gasteiger charge is 2.26. The molecule has 0 atom stereocenters. The van der Waals surface area contributed by atoms with Crippen LogP contribution in [0.15, 0.2) is 17.1 Å². The van der Waals surface area contributed by atoms with Crippen LogP contribution in [0.25, 0.3) is 0 Å². The fraction of sp³-hybridized carbons (Fsp3) is 0.500. The van der Waals surface area contributed by atoms with Crippen LogP contribution in [0.2, 0.25) is 0 Å². The van der Waals surface area contributed by atoms with Crippen molar-refractivity contribution in [2.75, 3.05) is 32.8 Å². The molecule has 114 valence electrons. The van der Waals surface area contributed by atoms with Crippen LogP contribution in [-0.2, 0) is 4.74 Å². The van der Waals surface area contributed by atoms with Gasteiger partial charge in [0.05, 0.1) is 6.61 Å². The number of nitrogens with zero attached hydrogens (tertiary/aromatic N) is 2. The second-order valence-corrected chi connectivity index (χ2v) is 4.87. The lowest BCUT2D eigenvalue weighted by molar-refractivity contribution is 0.0569. The van der Waals surface area contributed by atoms with Crippen molar-refractivity contribution in [2.45, 2.75) is 13.8 Å². The zero-order chi connectivity index (χ0) is 15.4. The number of H-pyrrole nitrogens is 1. The third kappa shape index (κ3) is 3.42. The van der Waals surface area contributed by atoms with E-state index < -0.39 is 0 Å². The van der Waals surface area contributed by atoms with Crippen LogP contribution in [0.3, 0.4) is 0 Å². The molecule has 0 spiro atoms. The molecule has 2 heterocycles. The molecule has 0 bridgehead atoms. The maximum Gasteiger partial charge on any atom is 0.409 e. The van der Waals surface area contributed by atoms with Gasteiger partial charge in [-0.25, -0.2) is 4.79 Å². The van der Waals surface area contributed by atoms with Crippen molar-refractivity contribution in [3.63, 3.8) is 0 Å². The molecule has 0 aromatic carbocycles. The van der Waals surface area contributed by atoms with Crippen LogP contribution < -0.4 is 5.43 Å². The van der Waals surface area contributed by atoms with Crippen molar-refractivity contribution in [3.05, 3.63) is 33.7 Å². The topological polar surface area (TPSA) is 82.7 Å². The first-order valence-corrected chi connectivity index (χ1v) is 6.93. The number of aromatic nitrogens is 1. The van der Waals surface area contributed by atoms with E-state index in [1.54, 1.807) is 23.6 Å². The third-order valence-electron chi connectivity index (χ3n) is 3.38. The number of carbonyl (C=O) groups excluding carboxylic acids is 2. The standard InChI is InChI=1S/C14H19N3O4/c1-3-21-14(20)17-6-4-16(5-7-17)13(19)11-9-15-10(2)8-12(11)18/h8-9H,3-7H2,1-2H3,(H,15,18). The Morgan fingerprint density at radius 3 is 2.43 bits per heavy atom. The third-order valence-corrected chi connectivity index (χ3v) is 3.38. The molecule has 0 unspecified atom stereocenters. The Labute approximate surface area is 122 Å². The van der Waals surface area contributed by atoms with Gasteiger partial charge < -0.3 is 19.5 Å². The Morgan fingerprint density at radius 2 is 1.86 bits per heavy atom. The lowest BCUT2D eigenvalue weighted by Crippen LogP contribution is -2.51. The first-order chi connectivity index (χ1) is 10.0. The van der Waals surface area contributed by atoms with Gasteiger partial charge in [-0.2, -0.15) is 0 Å². The van der Waals surface area contributed by atoms with Crippen molar-refractivity contribution >= 4 is 12.0 Å². The van der Waals surface area contributed by atoms with Crippen LogP contribution >= 0.6 is 0 Å². The van der Waals surface area contributed by atoms with E-state index in [1.807, 2.05) is 0 Å². The van der Waals surface area contributed by atoms with Gasteiger partial charge in [0.15, 0.2) is 5.43 Å². The molecule has 0 aliphatic carbocycles. The predicted octanol–water partition coefficient (Wildman–Crippen LogP) is 0.598. The molecule has 1 aromatic heterocycles. The summed E-state index contributed by atoms with van der Waals surface area (Å²) < 4.78 is 4.92. The SMILES string of the molecule is CCOC(=O)N1CCN(C(=O)c2c[nH]c(C)cc2=O)CC1. The number of ether oxygens (including phenoxy) is 1. The molecule has 21 heavy (non-hydrogen) atoms. The maximum atomic E-state index is 12.3. The maximum absolute atomic E-state index is 12.3. The fourth-order valence-corrected chi connectivity index (χ4v) is 2.22. The quantitative estimate of drug-likeness (QED) is 0.865. The highest BCUT2D eigenvalue weighted by molar-refractivity contribution is 5.94. The molecule has 0 saturated carbocycles. The second-order valence-electron chi connectivity index (χ2n) is 4.87.